The van der Waals surface area contributed by atoms with Crippen molar-refractivity contribution in [3.8, 4) is 22.6 Å². The first-order chi connectivity index (χ1) is 13.8. The Morgan fingerprint density at radius 3 is 2.55 bits per heavy atom. The summed E-state index contributed by atoms with van der Waals surface area (Å²) in [7, 11) is 1.64. The van der Waals surface area contributed by atoms with Crippen LogP contribution in [0.3, 0.4) is 0 Å². The molecule has 4 aromatic rings. The minimum atomic E-state index is -0.418. The molecule has 0 saturated carbocycles. The summed E-state index contributed by atoms with van der Waals surface area (Å²) >= 11 is 3.39. The molecule has 2 heterocycles. The third kappa shape index (κ3) is 3.42. The van der Waals surface area contributed by atoms with E-state index in [2.05, 4.69) is 20.9 Å². The molecule has 7 nitrogen and oxygen atoms in total. The Bertz CT molecular complexity index is 1310. The minimum absolute atomic E-state index is 0.0132. The smallest absolute Gasteiger partial charge is 0.274 e. The third-order valence-electron chi connectivity index (χ3n) is 4.72. The number of nitro benzene ring substituents is 1. The number of hydrogen-bond donors (Lipinski definition) is 1. The topological polar surface area (TPSA) is 90.2 Å². The van der Waals surface area contributed by atoms with E-state index in [4.69, 9.17) is 4.74 Å². The molecule has 0 aliphatic rings. The lowest BCUT2D eigenvalue weighted by atomic mass is 10.00. The summed E-state index contributed by atoms with van der Waals surface area (Å²) < 4.78 is 8.45. The maximum atomic E-state index is 12.4. The quantitative estimate of drug-likeness (QED) is 0.335. The van der Waals surface area contributed by atoms with E-state index in [9.17, 15) is 14.9 Å². The van der Waals surface area contributed by atoms with Crippen LogP contribution in [-0.2, 0) is 7.05 Å². The fraction of sp³-hybridized carbons (Fsp3) is 0.0952. The number of nitrogens with zero attached hydrogens (tertiary/aromatic N) is 2. The summed E-state index contributed by atoms with van der Waals surface area (Å²) in [6, 6.07) is 12.2. The number of rotatable bonds is 4. The van der Waals surface area contributed by atoms with Gasteiger partial charge in [0.2, 0.25) is 0 Å². The monoisotopic (exact) mass is 453 g/mol. The minimum Gasteiger partial charge on any atom is -0.457 e. The van der Waals surface area contributed by atoms with Crippen molar-refractivity contribution in [1.29, 1.82) is 0 Å². The van der Waals surface area contributed by atoms with Crippen LogP contribution in [-0.4, -0.2) is 14.5 Å². The van der Waals surface area contributed by atoms with Crippen LogP contribution in [0.25, 0.3) is 22.0 Å². The highest BCUT2D eigenvalue weighted by Gasteiger charge is 2.21. The van der Waals surface area contributed by atoms with Crippen molar-refractivity contribution in [3.63, 3.8) is 0 Å². The van der Waals surface area contributed by atoms with Crippen molar-refractivity contribution in [1.82, 2.24) is 9.55 Å². The Kier molecular flexibility index (Phi) is 4.71. The Balaban J connectivity index is 1.98. The van der Waals surface area contributed by atoms with Gasteiger partial charge < -0.3 is 14.3 Å². The molecule has 0 fully saturated rings. The SMILES string of the molecule is Cc1cc(Oc2ccc(Br)cc2)c(-c2cn(C)c(=O)c3[nH]ccc23)cc1[N+](=O)[O-]. The van der Waals surface area contributed by atoms with E-state index in [1.165, 1.54) is 10.6 Å². The number of halogens is 1. The lowest BCUT2D eigenvalue weighted by Gasteiger charge is -2.14. The Morgan fingerprint density at radius 1 is 1.14 bits per heavy atom. The van der Waals surface area contributed by atoms with E-state index in [0.29, 0.717) is 39.1 Å². The van der Waals surface area contributed by atoms with Crippen molar-refractivity contribution in [2.45, 2.75) is 6.92 Å². The number of aromatic nitrogens is 2. The number of benzene rings is 2. The van der Waals surface area contributed by atoms with Crippen LogP contribution in [0, 0.1) is 17.0 Å². The summed E-state index contributed by atoms with van der Waals surface area (Å²) in [5.41, 5.74) is 1.93. The second kappa shape index (κ2) is 7.21. The maximum Gasteiger partial charge on any atom is 0.274 e. The van der Waals surface area contributed by atoms with Crippen LogP contribution in [0.4, 0.5) is 5.69 Å². The Morgan fingerprint density at radius 2 is 1.86 bits per heavy atom. The van der Waals surface area contributed by atoms with Gasteiger partial charge in [0.05, 0.1) is 4.92 Å². The summed E-state index contributed by atoms with van der Waals surface area (Å²) in [6.07, 6.45) is 3.34. The standard InChI is InChI=1S/C21H16BrN3O4/c1-12-9-19(29-14-5-3-13(22)4-6-14)16(10-18(12)25(27)28)17-11-24(2)21(26)20-15(17)7-8-23-20/h3-11,23H,1-2H3. The molecular weight excluding hydrogens is 438 g/mol. The normalized spacial score (nSPS) is 11.0. The van der Waals surface area contributed by atoms with Gasteiger partial charge in [0.25, 0.3) is 11.2 Å². The van der Waals surface area contributed by atoms with Gasteiger partial charge in [0.15, 0.2) is 0 Å². The zero-order valence-corrected chi connectivity index (χ0v) is 17.2. The molecule has 29 heavy (non-hydrogen) atoms. The van der Waals surface area contributed by atoms with E-state index >= 15 is 0 Å². The number of pyridine rings is 1. The highest BCUT2D eigenvalue weighted by Crippen LogP contribution is 2.40. The van der Waals surface area contributed by atoms with E-state index in [1.54, 1.807) is 50.6 Å². The molecule has 0 saturated heterocycles. The fourth-order valence-electron chi connectivity index (χ4n) is 3.27. The van der Waals surface area contributed by atoms with Crippen LogP contribution >= 0.6 is 15.9 Å². The van der Waals surface area contributed by atoms with Gasteiger partial charge in [-0.25, -0.2) is 0 Å². The average molecular weight is 454 g/mol. The molecule has 0 radical (unpaired) electrons. The number of nitro groups is 1. The van der Waals surface area contributed by atoms with Gasteiger partial charge in [-0.15, -0.1) is 0 Å². The van der Waals surface area contributed by atoms with Gasteiger partial charge in [-0.3, -0.25) is 14.9 Å². The van der Waals surface area contributed by atoms with Crippen LogP contribution < -0.4 is 10.3 Å². The molecule has 0 amide bonds. The molecule has 8 heteroatoms. The zero-order valence-electron chi connectivity index (χ0n) is 15.6. The van der Waals surface area contributed by atoms with Crippen LogP contribution in [0.15, 0.2) is 64.1 Å². The molecule has 0 aliphatic heterocycles. The van der Waals surface area contributed by atoms with Gasteiger partial charge in [-0.2, -0.15) is 0 Å². The van der Waals surface area contributed by atoms with Crippen molar-refractivity contribution < 1.29 is 9.66 Å². The van der Waals surface area contributed by atoms with E-state index in [-0.39, 0.29) is 11.2 Å². The van der Waals surface area contributed by atoms with Crippen LogP contribution in [0.5, 0.6) is 11.5 Å². The average Bonchev–Trinajstić information content (AvgIpc) is 3.17. The number of fused-ring (bicyclic) bond motifs is 1. The number of aromatic amines is 1. The molecule has 1 N–H and O–H groups in total. The first kappa shape index (κ1) is 18.9. The fourth-order valence-corrected chi connectivity index (χ4v) is 3.54. The van der Waals surface area contributed by atoms with Crippen LogP contribution in [0.2, 0.25) is 0 Å². The summed E-state index contributed by atoms with van der Waals surface area (Å²) in [5, 5.41) is 12.2. The first-order valence-corrected chi connectivity index (χ1v) is 9.54. The number of aryl methyl sites for hydroxylation is 2. The third-order valence-corrected chi connectivity index (χ3v) is 5.25. The number of H-pyrrole nitrogens is 1. The van der Waals surface area contributed by atoms with Crippen LogP contribution in [0.1, 0.15) is 5.56 Å². The van der Waals surface area contributed by atoms with Crippen molar-refractivity contribution >= 4 is 32.5 Å². The lowest BCUT2D eigenvalue weighted by molar-refractivity contribution is -0.385. The number of hydrogen-bond acceptors (Lipinski definition) is 4. The molecule has 4 rings (SSSR count). The second-order valence-electron chi connectivity index (χ2n) is 6.67. The molecule has 0 atom stereocenters. The second-order valence-corrected chi connectivity index (χ2v) is 7.59. The molecule has 0 spiro atoms. The summed E-state index contributed by atoms with van der Waals surface area (Å²) in [6.45, 7) is 1.67. The number of ether oxygens (including phenoxy) is 1. The van der Waals surface area contributed by atoms with E-state index in [1.807, 2.05) is 12.1 Å². The molecule has 146 valence electrons. The Hall–Kier alpha value is -3.39. The largest absolute Gasteiger partial charge is 0.457 e. The summed E-state index contributed by atoms with van der Waals surface area (Å²) in [5.74, 6) is 1.06. The van der Waals surface area contributed by atoms with Crippen molar-refractivity contribution in [2.24, 2.45) is 7.05 Å². The molecule has 0 unspecified atom stereocenters. The lowest BCUT2D eigenvalue weighted by Crippen LogP contribution is -2.16. The Labute approximate surface area is 173 Å². The van der Waals surface area contributed by atoms with Crippen molar-refractivity contribution in [2.75, 3.05) is 0 Å². The number of nitrogens with one attached hydrogen (secondary N) is 1. The zero-order chi connectivity index (χ0) is 20.7. The molecular formula is C21H16BrN3O4. The van der Waals surface area contributed by atoms with Gasteiger partial charge >= 0.3 is 0 Å². The van der Waals surface area contributed by atoms with E-state index in [0.717, 1.165) is 4.47 Å². The summed E-state index contributed by atoms with van der Waals surface area (Å²) in [4.78, 5) is 26.5. The highest BCUT2D eigenvalue weighted by atomic mass is 79.9. The van der Waals surface area contributed by atoms with Gasteiger partial charge in [0.1, 0.15) is 17.0 Å². The van der Waals surface area contributed by atoms with Gasteiger partial charge in [-0.1, -0.05) is 15.9 Å². The van der Waals surface area contributed by atoms with E-state index < -0.39 is 4.92 Å². The molecule has 0 aliphatic carbocycles. The molecule has 2 aromatic heterocycles. The first-order valence-electron chi connectivity index (χ1n) is 8.74. The predicted molar refractivity (Wildman–Crippen MR) is 115 cm³/mol. The predicted octanol–water partition coefficient (Wildman–Crippen LogP) is 5.31. The highest BCUT2D eigenvalue weighted by molar-refractivity contribution is 9.10. The molecule has 2 aromatic carbocycles. The van der Waals surface area contributed by atoms with Gasteiger partial charge in [0, 0.05) is 52.1 Å². The van der Waals surface area contributed by atoms with Crippen molar-refractivity contribution in [3.05, 3.63) is 85.4 Å². The van der Waals surface area contributed by atoms with Gasteiger partial charge in [-0.05, 0) is 43.3 Å². The molecule has 0 bridgehead atoms. The maximum absolute atomic E-state index is 12.4.